The van der Waals surface area contributed by atoms with Crippen LogP contribution in [0.1, 0.15) is 26.7 Å². The number of aromatic nitrogens is 4. The quantitative estimate of drug-likeness (QED) is 0.709. The molecule has 0 aliphatic rings. The summed E-state index contributed by atoms with van der Waals surface area (Å²) in [6.07, 6.45) is 4.81. The summed E-state index contributed by atoms with van der Waals surface area (Å²) in [5, 5.41) is 3.86. The monoisotopic (exact) mass is 204 g/mol. The van der Waals surface area contributed by atoms with Crippen molar-refractivity contribution in [3.8, 4) is 11.5 Å². The van der Waals surface area contributed by atoms with E-state index in [1.807, 2.05) is 20.8 Å². The van der Waals surface area contributed by atoms with Crippen LogP contribution < -0.4 is 0 Å². The molecule has 0 saturated heterocycles. The molecule has 2 aromatic heterocycles. The molecule has 0 aliphatic carbocycles. The zero-order chi connectivity index (χ0) is 10.9. The largest absolute Gasteiger partial charge is 0.338 e. The van der Waals surface area contributed by atoms with Crippen LogP contribution in [0.25, 0.3) is 11.5 Å². The van der Waals surface area contributed by atoms with Gasteiger partial charge in [0.15, 0.2) is 0 Å². The minimum absolute atomic E-state index is 0.145. The Morgan fingerprint density at radius 1 is 1.20 bits per heavy atom. The molecule has 0 saturated carbocycles. The molecule has 15 heavy (non-hydrogen) atoms. The molecule has 78 valence electrons. The first kappa shape index (κ1) is 9.76. The van der Waals surface area contributed by atoms with Gasteiger partial charge in [0.1, 0.15) is 5.69 Å². The van der Waals surface area contributed by atoms with Crippen molar-refractivity contribution in [2.24, 2.45) is 0 Å². The average molecular weight is 204 g/mol. The SMILES string of the molecule is CC(C)(C)c1nc(-c2cnccn2)no1. The second kappa shape index (κ2) is 3.42. The number of nitrogens with zero attached hydrogens (tertiary/aromatic N) is 4. The van der Waals surface area contributed by atoms with Gasteiger partial charge in [-0.3, -0.25) is 4.98 Å². The van der Waals surface area contributed by atoms with Gasteiger partial charge in [-0.25, -0.2) is 4.98 Å². The van der Waals surface area contributed by atoms with Crippen LogP contribution in [-0.4, -0.2) is 20.1 Å². The van der Waals surface area contributed by atoms with Crippen LogP contribution in [0.2, 0.25) is 0 Å². The van der Waals surface area contributed by atoms with Crippen molar-refractivity contribution in [2.45, 2.75) is 26.2 Å². The van der Waals surface area contributed by atoms with Gasteiger partial charge in [-0.05, 0) is 0 Å². The standard InChI is InChI=1S/C10H12N4O/c1-10(2,3)9-13-8(14-15-9)7-6-11-4-5-12-7/h4-6H,1-3H3. The maximum atomic E-state index is 5.15. The molecule has 0 fully saturated rings. The maximum Gasteiger partial charge on any atom is 0.232 e. The fraction of sp³-hybridized carbons (Fsp3) is 0.400. The van der Waals surface area contributed by atoms with Gasteiger partial charge in [-0.2, -0.15) is 4.98 Å². The van der Waals surface area contributed by atoms with Gasteiger partial charge in [0.2, 0.25) is 11.7 Å². The van der Waals surface area contributed by atoms with Gasteiger partial charge >= 0.3 is 0 Å². The summed E-state index contributed by atoms with van der Waals surface area (Å²) < 4.78 is 5.15. The summed E-state index contributed by atoms with van der Waals surface area (Å²) >= 11 is 0. The predicted octanol–water partition coefficient (Wildman–Crippen LogP) is 1.82. The Bertz CT molecular complexity index is 444. The van der Waals surface area contributed by atoms with Crippen LogP contribution in [0.15, 0.2) is 23.1 Å². The highest BCUT2D eigenvalue weighted by atomic mass is 16.5. The Balaban J connectivity index is 2.37. The van der Waals surface area contributed by atoms with E-state index in [1.54, 1.807) is 18.6 Å². The Kier molecular flexibility index (Phi) is 2.22. The molecule has 0 spiro atoms. The molecule has 0 bridgehead atoms. The molecule has 0 aliphatic heterocycles. The maximum absolute atomic E-state index is 5.15. The fourth-order valence-corrected chi connectivity index (χ4v) is 1.05. The molecule has 5 nitrogen and oxygen atoms in total. The molecule has 0 radical (unpaired) electrons. The molecule has 5 heteroatoms. The lowest BCUT2D eigenvalue weighted by molar-refractivity contribution is 0.321. The summed E-state index contributed by atoms with van der Waals surface area (Å²) in [4.78, 5) is 12.3. The van der Waals surface area contributed by atoms with Crippen LogP contribution in [0.5, 0.6) is 0 Å². The zero-order valence-corrected chi connectivity index (χ0v) is 8.93. The van der Waals surface area contributed by atoms with E-state index >= 15 is 0 Å². The Morgan fingerprint density at radius 3 is 2.53 bits per heavy atom. The van der Waals surface area contributed by atoms with Crippen molar-refractivity contribution in [1.29, 1.82) is 0 Å². The highest BCUT2D eigenvalue weighted by Gasteiger charge is 2.22. The van der Waals surface area contributed by atoms with E-state index in [0.29, 0.717) is 17.4 Å². The summed E-state index contributed by atoms with van der Waals surface area (Å²) in [6, 6.07) is 0. The molecule has 2 aromatic rings. The third kappa shape index (κ3) is 2.01. The minimum Gasteiger partial charge on any atom is -0.338 e. The second-order valence-electron chi connectivity index (χ2n) is 4.26. The summed E-state index contributed by atoms with van der Waals surface area (Å²) in [7, 11) is 0. The van der Waals surface area contributed by atoms with E-state index in [2.05, 4.69) is 20.1 Å². The smallest absolute Gasteiger partial charge is 0.232 e. The molecular weight excluding hydrogens is 192 g/mol. The van der Waals surface area contributed by atoms with E-state index in [4.69, 9.17) is 4.52 Å². The van der Waals surface area contributed by atoms with Gasteiger partial charge in [0, 0.05) is 17.8 Å². The lowest BCUT2D eigenvalue weighted by Gasteiger charge is -2.10. The van der Waals surface area contributed by atoms with E-state index in [9.17, 15) is 0 Å². The Hall–Kier alpha value is -1.78. The molecule has 2 rings (SSSR count). The predicted molar refractivity (Wildman–Crippen MR) is 54.0 cm³/mol. The first-order valence-corrected chi connectivity index (χ1v) is 4.68. The van der Waals surface area contributed by atoms with Gasteiger partial charge in [-0.1, -0.05) is 25.9 Å². The third-order valence-corrected chi connectivity index (χ3v) is 1.86. The lowest BCUT2D eigenvalue weighted by Crippen LogP contribution is -2.11. The fourth-order valence-electron chi connectivity index (χ4n) is 1.05. The Labute approximate surface area is 87.6 Å². The summed E-state index contributed by atoms with van der Waals surface area (Å²) in [5.74, 6) is 1.08. The van der Waals surface area contributed by atoms with Crippen LogP contribution in [0.3, 0.4) is 0 Å². The zero-order valence-electron chi connectivity index (χ0n) is 8.93. The first-order chi connectivity index (χ1) is 7.07. The van der Waals surface area contributed by atoms with E-state index in [1.165, 1.54) is 0 Å². The number of rotatable bonds is 1. The van der Waals surface area contributed by atoms with Gasteiger partial charge < -0.3 is 4.52 Å². The highest BCUT2D eigenvalue weighted by Crippen LogP contribution is 2.22. The van der Waals surface area contributed by atoms with Gasteiger partial charge in [-0.15, -0.1) is 0 Å². The minimum atomic E-state index is -0.145. The van der Waals surface area contributed by atoms with Crippen LogP contribution in [0, 0.1) is 0 Å². The average Bonchev–Trinajstić information content (AvgIpc) is 2.67. The van der Waals surface area contributed by atoms with E-state index in [0.717, 1.165) is 0 Å². The van der Waals surface area contributed by atoms with Crippen molar-refractivity contribution in [2.75, 3.05) is 0 Å². The second-order valence-corrected chi connectivity index (χ2v) is 4.26. The molecule has 0 aromatic carbocycles. The number of hydrogen-bond donors (Lipinski definition) is 0. The molecule has 2 heterocycles. The van der Waals surface area contributed by atoms with E-state index in [-0.39, 0.29) is 5.41 Å². The highest BCUT2D eigenvalue weighted by molar-refractivity contribution is 5.45. The molecule has 0 atom stereocenters. The summed E-state index contributed by atoms with van der Waals surface area (Å²) in [5.41, 5.74) is 0.477. The first-order valence-electron chi connectivity index (χ1n) is 4.68. The van der Waals surface area contributed by atoms with Gasteiger partial charge in [0.25, 0.3) is 0 Å². The molecule has 0 amide bonds. The number of hydrogen-bond acceptors (Lipinski definition) is 5. The summed E-state index contributed by atoms with van der Waals surface area (Å²) in [6.45, 7) is 6.04. The van der Waals surface area contributed by atoms with E-state index < -0.39 is 0 Å². The van der Waals surface area contributed by atoms with Crippen molar-refractivity contribution >= 4 is 0 Å². The third-order valence-electron chi connectivity index (χ3n) is 1.86. The van der Waals surface area contributed by atoms with Crippen molar-refractivity contribution in [1.82, 2.24) is 20.1 Å². The van der Waals surface area contributed by atoms with Crippen LogP contribution >= 0.6 is 0 Å². The van der Waals surface area contributed by atoms with Crippen molar-refractivity contribution in [3.63, 3.8) is 0 Å². The molecule has 0 N–H and O–H groups in total. The van der Waals surface area contributed by atoms with Crippen molar-refractivity contribution in [3.05, 3.63) is 24.5 Å². The molecular formula is C10H12N4O. The Morgan fingerprint density at radius 2 is 2.00 bits per heavy atom. The van der Waals surface area contributed by atoms with Crippen molar-refractivity contribution < 1.29 is 4.52 Å². The van der Waals surface area contributed by atoms with Gasteiger partial charge in [0.05, 0.1) is 6.20 Å². The van der Waals surface area contributed by atoms with Crippen LogP contribution in [-0.2, 0) is 5.41 Å². The topological polar surface area (TPSA) is 64.7 Å². The molecule has 0 unspecified atom stereocenters. The normalized spacial score (nSPS) is 11.7. The van der Waals surface area contributed by atoms with Crippen LogP contribution in [0.4, 0.5) is 0 Å². The lowest BCUT2D eigenvalue weighted by atomic mass is 9.97.